The van der Waals surface area contributed by atoms with Crippen molar-refractivity contribution in [1.82, 2.24) is 14.8 Å². The van der Waals surface area contributed by atoms with Crippen molar-refractivity contribution in [1.29, 1.82) is 5.26 Å². The maximum Gasteiger partial charge on any atom is 0.249 e. The molecule has 0 saturated heterocycles. The van der Waals surface area contributed by atoms with Crippen molar-refractivity contribution in [2.45, 2.75) is 6.92 Å². The van der Waals surface area contributed by atoms with Crippen LogP contribution in [0.1, 0.15) is 16.7 Å². The molecule has 8 heteroatoms. The first-order chi connectivity index (χ1) is 16.0. The number of hydrogen-bond acceptors (Lipinski definition) is 6. The van der Waals surface area contributed by atoms with Crippen LogP contribution in [-0.2, 0) is 4.79 Å². The lowest BCUT2D eigenvalue weighted by Gasteiger charge is -2.12. The molecule has 4 aromatic rings. The second-order valence-electron chi connectivity index (χ2n) is 7.18. The molecule has 0 unspecified atom stereocenters. The summed E-state index contributed by atoms with van der Waals surface area (Å²) < 4.78 is 12.0. The summed E-state index contributed by atoms with van der Waals surface area (Å²) in [5.74, 6) is 1.65. The quantitative estimate of drug-likeness (QED) is 0.450. The Balaban J connectivity index is 1.67. The molecule has 2 aromatic carbocycles. The zero-order valence-electron chi connectivity index (χ0n) is 18.4. The van der Waals surface area contributed by atoms with Gasteiger partial charge in [-0.15, -0.1) is 0 Å². The molecular weight excluding hydrogens is 418 g/mol. The molecule has 1 amide bonds. The van der Waals surface area contributed by atoms with Crippen LogP contribution < -0.4 is 14.8 Å². The molecule has 0 aliphatic carbocycles. The number of rotatable bonds is 6. The number of aromatic nitrogens is 3. The molecule has 0 radical (unpaired) electrons. The minimum atomic E-state index is -0.404. The summed E-state index contributed by atoms with van der Waals surface area (Å²) >= 11 is 0. The first-order valence-electron chi connectivity index (χ1n) is 10.1. The van der Waals surface area contributed by atoms with Gasteiger partial charge in [-0.1, -0.05) is 24.3 Å². The first-order valence-corrected chi connectivity index (χ1v) is 10.1. The van der Waals surface area contributed by atoms with Gasteiger partial charge in [-0.2, -0.15) is 15.0 Å². The third kappa shape index (κ3) is 4.38. The molecule has 2 aromatic heterocycles. The Bertz CT molecular complexity index is 1400. The monoisotopic (exact) mass is 439 g/mol. The van der Waals surface area contributed by atoms with E-state index in [0.717, 1.165) is 22.3 Å². The second kappa shape index (κ2) is 9.24. The topological polar surface area (TPSA) is 102 Å². The Kier molecular flexibility index (Phi) is 6.04. The highest BCUT2D eigenvalue weighted by Gasteiger charge is 2.17. The summed E-state index contributed by atoms with van der Waals surface area (Å²) in [6.45, 7) is 1.96. The molecule has 0 spiro atoms. The molecule has 8 nitrogen and oxygen atoms in total. The Labute approximate surface area is 190 Å². The summed E-state index contributed by atoms with van der Waals surface area (Å²) in [6.07, 6.45) is 4.46. The summed E-state index contributed by atoms with van der Waals surface area (Å²) in [5.41, 5.74) is 2.68. The number of ether oxygens (including phenoxy) is 2. The predicted molar refractivity (Wildman–Crippen MR) is 126 cm³/mol. The van der Waals surface area contributed by atoms with E-state index in [2.05, 4.69) is 21.5 Å². The second-order valence-corrected chi connectivity index (χ2v) is 7.18. The van der Waals surface area contributed by atoms with Crippen molar-refractivity contribution in [2.75, 3.05) is 19.5 Å². The fourth-order valence-corrected chi connectivity index (χ4v) is 3.42. The van der Waals surface area contributed by atoms with Gasteiger partial charge in [-0.3, -0.25) is 4.79 Å². The molecule has 4 rings (SSSR count). The number of pyridine rings is 1. The summed E-state index contributed by atoms with van der Waals surface area (Å²) in [5, 5.41) is 17.5. The van der Waals surface area contributed by atoms with E-state index >= 15 is 0 Å². The average Bonchev–Trinajstić information content (AvgIpc) is 3.25. The zero-order chi connectivity index (χ0) is 23.4. The van der Waals surface area contributed by atoms with E-state index < -0.39 is 5.91 Å². The number of nitriles is 1. The Morgan fingerprint density at radius 1 is 1.15 bits per heavy atom. The number of anilines is 1. The van der Waals surface area contributed by atoms with Crippen LogP contribution in [0.15, 0.2) is 60.8 Å². The Hall–Kier alpha value is -4.64. The average molecular weight is 439 g/mol. The molecule has 1 N–H and O–H groups in total. The standard InChI is InChI=1S/C25H21N5O3/c1-16-13-22(28-24-20(16)5-4-6-21(24)33-3)30-25(18(14-26)15-27-30)29-23(31)12-9-17-7-10-19(32-2)11-8-17/h4-13,15H,1-3H3,(H,29,31)/b12-9+. The van der Waals surface area contributed by atoms with Crippen molar-refractivity contribution >= 4 is 28.7 Å². The van der Waals surface area contributed by atoms with Crippen LogP contribution in [0.3, 0.4) is 0 Å². The van der Waals surface area contributed by atoms with E-state index in [-0.39, 0.29) is 11.4 Å². The number of hydrogen-bond donors (Lipinski definition) is 1. The van der Waals surface area contributed by atoms with E-state index in [1.54, 1.807) is 20.3 Å². The molecule has 0 fully saturated rings. The van der Waals surface area contributed by atoms with Crippen LogP contribution >= 0.6 is 0 Å². The molecule has 164 valence electrons. The number of methoxy groups -OCH3 is 2. The number of fused-ring (bicyclic) bond motifs is 1. The molecule has 0 atom stereocenters. The van der Waals surface area contributed by atoms with E-state index in [9.17, 15) is 10.1 Å². The highest BCUT2D eigenvalue weighted by Crippen LogP contribution is 2.29. The molecule has 0 aliphatic heterocycles. The fraction of sp³-hybridized carbons (Fsp3) is 0.120. The molecule has 33 heavy (non-hydrogen) atoms. The molecular formula is C25H21N5O3. The van der Waals surface area contributed by atoms with Crippen LogP contribution in [0.25, 0.3) is 22.8 Å². The number of para-hydroxylation sites is 1. The SMILES string of the molecule is COc1ccc(/C=C/C(=O)Nc2c(C#N)cnn2-c2cc(C)c3cccc(OC)c3n2)cc1. The van der Waals surface area contributed by atoms with Crippen molar-refractivity contribution in [3.05, 3.63) is 77.5 Å². The number of amides is 1. The third-order valence-corrected chi connectivity index (χ3v) is 5.11. The Morgan fingerprint density at radius 2 is 1.94 bits per heavy atom. The van der Waals surface area contributed by atoms with E-state index in [0.29, 0.717) is 17.1 Å². The number of carbonyl (C=O) groups is 1. The normalized spacial score (nSPS) is 10.8. The number of carbonyl (C=O) groups excluding carboxylic acids is 1. The van der Waals surface area contributed by atoms with Crippen molar-refractivity contribution < 1.29 is 14.3 Å². The lowest BCUT2D eigenvalue weighted by atomic mass is 10.1. The van der Waals surface area contributed by atoms with Gasteiger partial charge in [0.2, 0.25) is 5.91 Å². The van der Waals surface area contributed by atoms with Gasteiger partial charge < -0.3 is 14.8 Å². The lowest BCUT2D eigenvalue weighted by Crippen LogP contribution is -2.14. The van der Waals surface area contributed by atoms with Crippen LogP contribution in [-0.4, -0.2) is 34.9 Å². The largest absolute Gasteiger partial charge is 0.497 e. The first kappa shape index (κ1) is 21.6. The molecule has 0 bridgehead atoms. The van der Waals surface area contributed by atoms with Crippen LogP contribution in [0, 0.1) is 18.3 Å². The van der Waals surface area contributed by atoms with E-state index in [1.165, 1.54) is 17.0 Å². The third-order valence-electron chi connectivity index (χ3n) is 5.11. The highest BCUT2D eigenvalue weighted by molar-refractivity contribution is 6.02. The summed E-state index contributed by atoms with van der Waals surface area (Å²) in [6, 6.07) is 16.9. The molecule has 2 heterocycles. The Morgan fingerprint density at radius 3 is 2.64 bits per heavy atom. The van der Waals surface area contributed by atoms with Gasteiger partial charge in [0.05, 0.1) is 20.4 Å². The van der Waals surface area contributed by atoms with Crippen LogP contribution in [0.2, 0.25) is 0 Å². The van der Waals surface area contributed by atoms with Gasteiger partial charge in [-0.05, 0) is 48.4 Å². The van der Waals surface area contributed by atoms with Gasteiger partial charge in [0, 0.05) is 11.5 Å². The molecule has 0 saturated carbocycles. The number of aryl methyl sites for hydroxylation is 1. The predicted octanol–water partition coefficient (Wildman–Crippen LogP) is 4.27. The fourth-order valence-electron chi connectivity index (χ4n) is 3.42. The van der Waals surface area contributed by atoms with Gasteiger partial charge in [0.15, 0.2) is 11.6 Å². The number of nitrogens with zero attached hydrogens (tertiary/aromatic N) is 4. The maximum absolute atomic E-state index is 12.6. The van der Waals surface area contributed by atoms with Crippen LogP contribution in [0.4, 0.5) is 5.82 Å². The van der Waals surface area contributed by atoms with Crippen molar-refractivity contribution in [2.24, 2.45) is 0 Å². The summed E-state index contributed by atoms with van der Waals surface area (Å²) in [4.78, 5) is 17.3. The van der Waals surface area contributed by atoms with Crippen molar-refractivity contribution in [3.8, 4) is 23.4 Å². The highest BCUT2D eigenvalue weighted by atomic mass is 16.5. The van der Waals surface area contributed by atoms with Gasteiger partial charge >= 0.3 is 0 Å². The van der Waals surface area contributed by atoms with E-state index in [1.807, 2.05) is 55.5 Å². The minimum absolute atomic E-state index is 0.223. The summed E-state index contributed by atoms with van der Waals surface area (Å²) in [7, 11) is 3.18. The number of benzene rings is 2. The maximum atomic E-state index is 12.6. The van der Waals surface area contributed by atoms with E-state index in [4.69, 9.17) is 9.47 Å². The zero-order valence-corrected chi connectivity index (χ0v) is 18.4. The van der Waals surface area contributed by atoms with Crippen LogP contribution in [0.5, 0.6) is 11.5 Å². The molecule has 0 aliphatic rings. The smallest absolute Gasteiger partial charge is 0.249 e. The number of nitrogens with one attached hydrogen (secondary N) is 1. The van der Waals surface area contributed by atoms with Gasteiger partial charge in [0.25, 0.3) is 0 Å². The van der Waals surface area contributed by atoms with Crippen molar-refractivity contribution in [3.63, 3.8) is 0 Å². The van der Waals surface area contributed by atoms with Gasteiger partial charge in [0.1, 0.15) is 28.6 Å². The lowest BCUT2D eigenvalue weighted by molar-refractivity contribution is -0.111. The minimum Gasteiger partial charge on any atom is -0.497 e. The van der Waals surface area contributed by atoms with Gasteiger partial charge in [-0.25, -0.2) is 4.98 Å².